The minimum atomic E-state index is -5.20. The number of imidazole rings is 1. The van der Waals surface area contributed by atoms with Gasteiger partial charge in [0.25, 0.3) is 5.91 Å². The monoisotopic (exact) mass is 484 g/mol. The van der Waals surface area contributed by atoms with Crippen LogP contribution in [0.4, 0.5) is 13.2 Å². The van der Waals surface area contributed by atoms with Gasteiger partial charge in [0.15, 0.2) is 5.82 Å². The van der Waals surface area contributed by atoms with Crippen LogP contribution < -0.4 is 10.9 Å². The van der Waals surface area contributed by atoms with Gasteiger partial charge in [0.1, 0.15) is 0 Å². The molecule has 0 spiro atoms. The molecule has 9 nitrogen and oxygen atoms in total. The number of alkyl halides is 3. The van der Waals surface area contributed by atoms with Crippen molar-refractivity contribution >= 4 is 22.7 Å². The second kappa shape index (κ2) is 9.14. The number of aryl methyl sites for hydroxylation is 1. The lowest BCUT2D eigenvalue weighted by atomic mass is 9.97. The Morgan fingerprint density at radius 3 is 2.51 bits per heavy atom. The van der Waals surface area contributed by atoms with Crippen molar-refractivity contribution in [1.29, 1.82) is 0 Å². The molecule has 3 aromatic heterocycles. The SMILES string of the molecule is Cn1ccnc1[C@@](O)(CC(=O)NNC(=O)c1cc(-c2cccnc2)nc2ccccc12)C(F)(F)F. The molecule has 0 saturated carbocycles. The van der Waals surface area contributed by atoms with E-state index in [0.717, 1.165) is 10.8 Å². The minimum absolute atomic E-state index is 0.130. The molecule has 0 radical (unpaired) electrons. The number of nitrogens with zero attached hydrogens (tertiary/aromatic N) is 4. The van der Waals surface area contributed by atoms with Crippen molar-refractivity contribution in [2.75, 3.05) is 0 Å². The van der Waals surface area contributed by atoms with Crippen LogP contribution in [0.5, 0.6) is 0 Å². The third kappa shape index (κ3) is 4.68. The molecule has 0 aliphatic rings. The van der Waals surface area contributed by atoms with Crippen LogP contribution in [0.1, 0.15) is 22.6 Å². The topological polar surface area (TPSA) is 122 Å². The summed E-state index contributed by atoms with van der Waals surface area (Å²) in [6.45, 7) is 0. The molecule has 12 heteroatoms. The Kier molecular flexibility index (Phi) is 6.22. The molecular formula is C23H19F3N6O3. The van der Waals surface area contributed by atoms with E-state index < -0.39 is 35.8 Å². The quantitative estimate of drug-likeness (QED) is 0.375. The van der Waals surface area contributed by atoms with Crippen LogP contribution >= 0.6 is 0 Å². The number of aromatic nitrogens is 4. The van der Waals surface area contributed by atoms with Crippen molar-refractivity contribution in [3.05, 3.63) is 78.6 Å². The first kappa shape index (κ1) is 23.8. The fraction of sp³-hybridized carbons (Fsp3) is 0.174. The Morgan fingerprint density at radius 1 is 1.09 bits per heavy atom. The number of fused-ring (bicyclic) bond motifs is 1. The number of benzene rings is 1. The standard InChI is InChI=1S/C23H19F3N6O3/c1-32-10-9-28-21(32)22(35,23(24,25)26)12-19(33)30-31-20(34)16-11-18(14-5-4-8-27-13-14)29-17-7-3-2-6-15(16)17/h2-11,13,35H,12H2,1H3,(H,30,33)(H,31,34)/t22-/m0/s1. The first-order valence-electron chi connectivity index (χ1n) is 10.3. The number of halogens is 3. The van der Waals surface area contributed by atoms with Gasteiger partial charge in [-0.25, -0.2) is 9.97 Å². The predicted molar refractivity (Wildman–Crippen MR) is 118 cm³/mol. The van der Waals surface area contributed by atoms with Crippen LogP contribution in [-0.2, 0) is 17.4 Å². The molecule has 0 saturated heterocycles. The molecular weight excluding hydrogens is 465 g/mol. The van der Waals surface area contributed by atoms with Crippen molar-refractivity contribution < 1.29 is 27.9 Å². The fourth-order valence-corrected chi connectivity index (χ4v) is 3.57. The molecule has 4 aromatic rings. The maximum Gasteiger partial charge on any atom is 0.425 e. The van der Waals surface area contributed by atoms with Crippen molar-refractivity contribution in [1.82, 2.24) is 30.4 Å². The molecule has 4 rings (SSSR count). The van der Waals surface area contributed by atoms with Gasteiger partial charge in [0.05, 0.1) is 23.2 Å². The normalized spacial score (nSPS) is 13.3. The Labute approximate surface area is 196 Å². The Balaban J connectivity index is 1.57. The van der Waals surface area contributed by atoms with Gasteiger partial charge in [-0.3, -0.25) is 25.4 Å². The van der Waals surface area contributed by atoms with Gasteiger partial charge in [-0.15, -0.1) is 0 Å². The highest BCUT2D eigenvalue weighted by atomic mass is 19.4. The molecule has 0 fully saturated rings. The summed E-state index contributed by atoms with van der Waals surface area (Å²) in [5, 5.41) is 10.8. The van der Waals surface area contributed by atoms with Crippen LogP contribution in [0.3, 0.4) is 0 Å². The number of hydrogen-bond donors (Lipinski definition) is 3. The van der Waals surface area contributed by atoms with Crippen molar-refractivity contribution in [2.45, 2.75) is 18.2 Å². The van der Waals surface area contributed by atoms with E-state index >= 15 is 0 Å². The summed E-state index contributed by atoms with van der Waals surface area (Å²) in [5.41, 5.74) is 2.20. The van der Waals surface area contributed by atoms with Crippen molar-refractivity contribution in [3.8, 4) is 11.3 Å². The molecule has 2 amide bonds. The van der Waals surface area contributed by atoms with Crippen LogP contribution in [-0.4, -0.2) is 42.6 Å². The van der Waals surface area contributed by atoms with Crippen molar-refractivity contribution in [2.24, 2.45) is 7.05 Å². The van der Waals surface area contributed by atoms with E-state index in [-0.39, 0.29) is 5.56 Å². The number of hydrogen-bond acceptors (Lipinski definition) is 6. The number of aliphatic hydroxyl groups is 1. The predicted octanol–water partition coefficient (Wildman–Crippen LogP) is 2.63. The van der Waals surface area contributed by atoms with E-state index in [1.165, 1.54) is 19.3 Å². The first-order chi connectivity index (χ1) is 16.6. The Bertz CT molecular complexity index is 1390. The molecule has 3 heterocycles. The molecule has 0 aliphatic carbocycles. The van der Waals surface area contributed by atoms with Crippen LogP contribution in [0.15, 0.2) is 67.3 Å². The maximum atomic E-state index is 13.7. The summed E-state index contributed by atoms with van der Waals surface area (Å²) in [7, 11) is 1.26. The molecule has 0 aliphatic heterocycles. The number of pyridine rings is 2. The van der Waals surface area contributed by atoms with Gasteiger partial charge in [-0.1, -0.05) is 18.2 Å². The van der Waals surface area contributed by atoms with E-state index in [2.05, 4.69) is 20.4 Å². The summed E-state index contributed by atoms with van der Waals surface area (Å²) in [5.74, 6) is -2.81. The second-order valence-electron chi connectivity index (χ2n) is 7.71. The highest BCUT2D eigenvalue weighted by Crippen LogP contribution is 2.40. The van der Waals surface area contributed by atoms with Gasteiger partial charge in [0, 0.05) is 42.8 Å². The van der Waals surface area contributed by atoms with Crippen LogP contribution in [0, 0.1) is 0 Å². The molecule has 1 aromatic carbocycles. The molecule has 1 atom stereocenters. The number of carbonyl (C=O) groups excluding carboxylic acids is 2. The largest absolute Gasteiger partial charge is 0.425 e. The average Bonchev–Trinajstić information content (AvgIpc) is 3.28. The zero-order valence-electron chi connectivity index (χ0n) is 18.2. The molecule has 0 bridgehead atoms. The van der Waals surface area contributed by atoms with E-state index in [0.29, 0.717) is 22.2 Å². The van der Waals surface area contributed by atoms with Crippen LogP contribution in [0.2, 0.25) is 0 Å². The van der Waals surface area contributed by atoms with E-state index in [1.807, 2.05) is 5.43 Å². The zero-order valence-corrected chi connectivity index (χ0v) is 18.2. The lowest BCUT2D eigenvalue weighted by Gasteiger charge is -2.29. The summed E-state index contributed by atoms with van der Waals surface area (Å²) < 4.78 is 42.0. The number of rotatable bonds is 5. The van der Waals surface area contributed by atoms with E-state index in [9.17, 15) is 27.9 Å². The molecule has 3 N–H and O–H groups in total. The Morgan fingerprint density at radius 2 is 1.86 bits per heavy atom. The summed E-state index contributed by atoms with van der Waals surface area (Å²) in [4.78, 5) is 37.4. The van der Waals surface area contributed by atoms with Crippen molar-refractivity contribution in [3.63, 3.8) is 0 Å². The summed E-state index contributed by atoms with van der Waals surface area (Å²) >= 11 is 0. The smallest absolute Gasteiger partial charge is 0.374 e. The average molecular weight is 484 g/mol. The molecule has 35 heavy (non-hydrogen) atoms. The fourth-order valence-electron chi connectivity index (χ4n) is 3.57. The van der Waals surface area contributed by atoms with Gasteiger partial charge >= 0.3 is 6.18 Å². The van der Waals surface area contributed by atoms with Gasteiger partial charge in [-0.2, -0.15) is 13.2 Å². The number of hydrazine groups is 1. The lowest BCUT2D eigenvalue weighted by molar-refractivity contribution is -0.271. The zero-order chi connectivity index (χ0) is 25.2. The highest BCUT2D eigenvalue weighted by Gasteiger charge is 2.58. The maximum absolute atomic E-state index is 13.7. The summed E-state index contributed by atoms with van der Waals surface area (Å²) in [6.07, 6.45) is -1.19. The number of nitrogens with one attached hydrogen (secondary N) is 2. The van der Waals surface area contributed by atoms with Gasteiger partial charge in [0.2, 0.25) is 11.5 Å². The van der Waals surface area contributed by atoms with Crippen LogP contribution in [0.25, 0.3) is 22.2 Å². The number of amides is 2. The molecule has 0 unspecified atom stereocenters. The van der Waals surface area contributed by atoms with Gasteiger partial charge < -0.3 is 9.67 Å². The lowest BCUT2D eigenvalue weighted by Crippen LogP contribution is -2.50. The number of carbonyl (C=O) groups is 2. The summed E-state index contributed by atoms with van der Waals surface area (Å²) in [6, 6.07) is 11.7. The Hall–Kier alpha value is -4.32. The highest BCUT2D eigenvalue weighted by molar-refractivity contribution is 6.07. The first-order valence-corrected chi connectivity index (χ1v) is 10.3. The minimum Gasteiger partial charge on any atom is -0.374 e. The van der Waals surface area contributed by atoms with E-state index in [4.69, 9.17) is 0 Å². The third-order valence-electron chi connectivity index (χ3n) is 5.31. The molecule has 180 valence electrons. The third-order valence-corrected chi connectivity index (χ3v) is 5.31. The van der Waals surface area contributed by atoms with Gasteiger partial charge in [-0.05, 0) is 24.3 Å². The second-order valence-corrected chi connectivity index (χ2v) is 7.71. The van der Waals surface area contributed by atoms with E-state index in [1.54, 1.807) is 48.8 Å². The number of para-hydroxylation sites is 1.